The van der Waals surface area contributed by atoms with Gasteiger partial charge in [0.15, 0.2) is 0 Å². The summed E-state index contributed by atoms with van der Waals surface area (Å²) in [5.74, 6) is 0.947. The van der Waals surface area contributed by atoms with Gasteiger partial charge >= 0.3 is 0 Å². The Bertz CT molecular complexity index is 515. The number of likely N-dealkylation sites (tertiary alicyclic amines) is 1. The molecule has 25 heavy (non-hydrogen) atoms. The van der Waals surface area contributed by atoms with E-state index in [2.05, 4.69) is 52.0 Å². The Balaban J connectivity index is 1.24. The van der Waals surface area contributed by atoms with Gasteiger partial charge in [0.05, 0.1) is 0 Å². The number of rotatable bonds is 3. The first-order chi connectivity index (χ1) is 12.3. The van der Waals surface area contributed by atoms with Gasteiger partial charge in [-0.05, 0) is 56.8 Å². The van der Waals surface area contributed by atoms with E-state index in [1.807, 2.05) is 0 Å². The summed E-state index contributed by atoms with van der Waals surface area (Å²) in [7, 11) is 0. The van der Waals surface area contributed by atoms with E-state index < -0.39 is 0 Å². The van der Waals surface area contributed by atoms with Crippen LogP contribution in [0, 0.1) is 5.92 Å². The van der Waals surface area contributed by atoms with Gasteiger partial charge in [-0.1, -0.05) is 38.0 Å². The second-order valence-electron chi connectivity index (χ2n) is 8.55. The van der Waals surface area contributed by atoms with Crippen LogP contribution in [0.1, 0.15) is 45.4 Å². The molecule has 0 spiro atoms. The molecule has 2 atom stereocenters. The molecule has 0 unspecified atom stereocenters. The van der Waals surface area contributed by atoms with Crippen molar-refractivity contribution in [1.29, 1.82) is 0 Å². The van der Waals surface area contributed by atoms with Crippen molar-refractivity contribution in [3.05, 3.63) is 30.3 Å². The number of para-hydroxylation sites is 1. The zero-order valence-corrected chi connectivity index (χ0v) is 15.9. The highest BCUT2D eigenvalue weighted by Gasteiger charge is 2.31. The Morgan fingerprint density at radius 1 is 0.720 bits per heavy atom. The first-order valence-corrected chi connectivity index (χ1v) is 10.6. The average Bonchev–Trinajstić information content (AvgIpc) is 2.69. The van der Waals surface area contributed by atoms with E-state index >= 15 is 0 Å². The molecule has 2 heterocycles. The van der Waals surface area contributed by atoms with E-state index in [-0.39, 0.29) is 0 Å². The van der Waals surface area contributed by atoms with Crippen LogP contribution in [0.5, 0.6) is 0 Å². The predicted molar refractivity (Wildman–Crippen MR) is 106 cm³/mol. The number of piperidine rings is 1. The summed E-state index contributed by atoms with van der Waals surface area (Å²) < 4.78 is 0. The van der Waals surface area contributed by atoms with Gasteiger partial charge in [-0.25, -0.2) is 0 Å². The molecular weight excluding hydrogens is 306 g/mol. The molecule has 0 N–H and O–H groups in total. The highest BCUT2D eigenvalue weighted by molar-refractivity contribution is 5.46. The molecule has 1 aromatic rings. The lowest BCUT2D eigenvalue weighted by molar-refractivity contribution is 0.0603. The number of anilines is 1. The summed E-state index contributed by atoms with van der Waals surface area (Å²) >= 11 is 0. The first kappa shape index (κ1) is 17.4. The van der Waals surface area contributed by atoms with Crippen LogP contribution in [0.4, 0.5) is 5.69 Å². The van der Waals surface area contributed by atoms with Gasteiger partial charge in [0.2, 0.25) is 0 Å². The summed E-state index contributed by atoms with van der Waals surface area (Å²) in [5.41, 5.74) is 1.39. The fraction of sp³-hybridized carbons (Fsp3) is 0.727. The minimum Gasteiger partial charge on any atom is -0.369 e. The van der Waals surface area contributed by atoms with Crippen LogP contribution in [0.2, 0.25) is 0 Å². The molecule has 1 aromatic carbocycles. The molecule has 3 nitrogen and oxygen atoms in total. The molecule has 2 aliphatic heterocycles. The van der Waals surface area contributed by atoms with E-state index in [0.717, 1.165) is 18.0 Å². The highest BCUT2D eigenvalue weighted by atomic mass is 15.3. The van der Waals surface area contributed by atoms with Crippen molar-refractivity contribution in [2.75, 3.05) is 44.2 Å². The molecule has 3 fully saturated rings. The predicted octanol–water partition coefficient (Wildman–Crippen LogP) is 3.85. The quantitative estimate of drug-likeness (QED) is 0.827. The zero-order valence-electron chi connectivity index (χ0n) is 15.9. The van der Waals surface area contributed by atoms with Gasteiger partial charge in [-0.3, -0.25) is 4.90 Å². The maximum absolute atomic E-state index is 2.83. The fourth-order valence-electron chi connectivity index (χ4n) is 5.33. The smallest absolute Gasteiger partial charge is 0.0367 e. The maximum atomic E-state index is 2.83. The molecule has 4 rings (SSSR count). The number of hydrogen-bond acceptors (Lipinski definition) is 3. The Labute approximate surface area is 154 Å². The Morgan fingerprint density at radius 3 is 2.08 bits per heavy atom. The fourth-order valence-corrected chi connectivity index (χ4v) is 5.33. The SMILES string of the molecule is C[C@H]1CCC[C@H](N2CCC(N3CCN(c4ccccc4)CC3)CC2)C1. The second kappa shape index (κ2) is 8.09. The molecule has 3 heteroatoms. The van der Waals surface area contributed by atoms with Crippen molar-refractivity contribution < 1.29 is 0 Å². The molecule has 1 aliphatic carbocycles. The van der Waals surface area contributed by atoms with Crippen molar-refractivity contribution in [2.45, 2.75) is 57.5 Å². The van der Waals surface area contributed by atoms with Crippen LogP contribution in [0.25, 0.3) is 0 Å². The summed E-state index contributed by atoms with van der Waals surface area (Å²) in [5, 5.41) is 0. The topological polar surface area (TPSA) is 9.72 Å². The van der Waals surface area contributed by atoms with Gasteiger partial charge in [0.1, 0.15) is 0 Å². The normalized spacial score (nSPS) is 30.5. The molecule has 1 saturated carbocycles. The summed E-state index contributed by atoms with van der Waals surface area (Å²) in [6.07, 6.45) is 8.57. The van der Waals surface area contributed by atoms with Crippen molar-refractivity contribution in [2.24, 2.45) is 5.92 Å². The van der Waals surface area contributed by atoms with E-state index in [0.29, 0.717) is 0 Å². The lowest BCUT2D eigenvalue weighted by Crippen LogP contribution is -2.54. The van der Waals surface area contributed by atoms with Gasteiger partial charge in [-0.15, -0.1) is 0 Å². The molecule has 0 amide bonds. The standard InChI is InChI=1S/C22H35N3/c1-19-6-5-9-22(18-19)23-12-10-21(11-13-23)25-16-14-24(15-17-25)20-7-3-2-4-8-20/h2-4,7-8,19,21-22H,5-6,9-18H2,1H3/t19-,22-/m0/s1. The Morgan fingerprint density at radius 2 is 1.40 bits per heavy atom. The minimum absolute atomic E-state index is 0.829. The number of piperazine rings is 1. The monoisotopic (exact) mass is 341 g/mol. The third-order valence-electron chi connectivity index (χ3n) is 6.88. The van der Waals surface area contributed by atoms with Crippen molar-refractivity contribution >= 4 is 5.69 Å². The second-order valence-corrected chi connectivity index (χ2v) is 8.55. The third kappa shape index (κ3) is 4.20. The lowest BCUT2D eigenvalue weighted by Gasteiger charge is -2.45. The molecule has 138 valence electrons. The molecular formula is C22H35N3. The van der Waals surface area contributed by atoms with E-state index in [1.165, 1.54) is 83.5 Å². The first-order valence-electron chi connectivity index (χ1n) is 10.6. The van der Waals surface area contributed by atoms with Crippen LogP contribution in [-0.4, -0.2) is 61.2 Å². The highest BCUT2D eigenvalue weighted by Crippen LogP contribution is 2.30. The summed E-state index contributed by atoms with van der Waals surface area (Å²) in [6.45, 7) is 9.96. The third-order valence-corrected chi connectivity index (χ3v) is 6.88. The van der Waals surface area contributed by atoms with E-state index in [9.17, 15) is 0 Å². The molecule has 2 saturated heterocycles. The number of nitrogens with zero attached hydrogens (tertiary/aromatic N) is 3. The summed E-state index contributed by atoms with van der Waals surface area (Å²) in [4.78, 5) is 8.15. The van der Waals surface area contributed by atoms with Crippen LogP contribution < -0.4 is 4.90 Å². The molecule has 3 aliphatic rings. The average molecular weight is 342 g/mol. The molecule has 0 aromatic heterocycles. The van der Waals surface area contributed by atoms with Gasteiger partial charge < -0.3 is 9.80 Å². The van der Waals surface area contributed by atoms with Crippen LogP contribution in [0.3, 0.4) is 0 Å². The number of benzene rings is 1. The molecule has 0 radical (unpaired) electrons. The van der Waals surface area contributed by atoms with Crippen LogP contribution in [-0.2, 0) is 0 Å². The van der Waals surface area contributed by atoms with Gasteiger partial charge in [0, 0.05) is 44.0 Å². The zero-order chi connectivity index (χ0) is 17.1. The summed E-state index contributed by atoms with van der Waals surface area (Å²) in [6, 6.07) is 12.6. The Kier molecular flexibility index (Phi) is 5.62. The van der Waals surface area contributed by atoms with Crippen molar-refractivity contribution in [3.8, 4) is 0 Å². The van der Waals surface area contributed by atoms with Crippen molar-refractivity contribution in [3.63, 3.8) is 0 Å². The largest absolute Gasteiger partial charge is 0.369 e. The minimum atomic E-state index is 0.829. The Hall–Kier alpha value is -1.06. The van der Waals surface area contributed by atoms with Gasteiger partial charge in [0.25, 0.3) is 0 Å². The van der Waals surface area contributed by atoms with Crippen LogP contribution >= 0.6 is 0 Å². The van der Waals surface area contributed by atoms with Gasteiger partial charge in [-0.2, -0.15) is 0 Å². The van der Waals surface area contributed by atoms with E-state index in [1.54, 1.807) is 0 Å². The molecule has 0 bridgehead atoms. The maximum Gasteiger partial charge on any atom is 0.0367 e. The lowest BCUT2D eigenvalue weighted by atomic mass is 9.85. The number of hydrogen-bond donors (Lipinski definition) is 0. The van der Waals surface area contributed by atoms with Crippen molar-refractivity contribution in [1.82, 2.24) is 9.80 Å². The van der Waals surface area contributed by atoms with E-state index in [4.69, 9.17) is 0 Å². The van der Waals surface area contributed by atoms with Crippen LogP contribution in [0.15, 0.2) is 30.3 Å².